The van der Waals surface area contributed by atoms with Gasteiger partial charge in [-0.05, 0) is 37.1 Å². The number of carbonyl (C=O) groups is 3. The summed E-state index contributed by atoms with van der Waals surface area (Å²) in [6.07, 6.45) is 6.23. The average molecular weight is 476 g/mol. The Morgan fingerprint density at radius 3 is 2.36 bits per heavy atom. The van der Waals surface area contributed by atoms with E-state index in [0.29, 0.717) is 41.8 Å². The first-order chi connectivity index (χ1) is 15.9. The number of nitrogens with zero attached hydrogens (tertiary/aromatic N) is 2. The third-order valence-electron chi connectivity index (χ3n) is 5.67. The van der Waals surface area contributed by atoms with E-state index in [1.807, 2.05) is 0 Å². The molecule has 1 heterocycles. The molecule has 1 aromatic heterocycles. The van der Waals surface area contributed by atoms with Crippen molar-refractivity contribution in [2.75, 3.05) is 13.1 Å². The highest BCUT2D eigenvalue weighted by molar-refractivity contribution is 6.30. The van der Waals surface area contributed by atoms with Crippen molar-refractivity contribution in [1.29, 1.82) is 0 Å². The lowest BCUT2D eigenvalue weighted by molar-refractivity contribution is -0.122. The van der Waals surface area contributed by atoms with Gasteiger partial charge in [0.1, 0.15) is 5.54 Å². The Labute approximate surface area is 198 Å². The molecule has 1 saturated carbocycles. The van der Waals surface area contributed by atoms with Crippen LogP contribution in [-0.4, -0.2) is 41.0 Å². The van der Waals surface area contributed by atoms with Gasteiger partial charge in [-0.3, -0.25) is 14.4 Å². The molecule has 10 heteroatoms. The Morgan fingerprint density at radius 1 is 1.03 bits per heavy atom. The molecule has 3 N–H and O–H groups in total. The second-order valence-electron chi connectivity index (χ2n) is 8.30. The summed E-state index contributed by atoms with van der Waals surface area (Å²) >= 11 is 5.82. The maximum Gasteiger partial charge on any atom is 0.251 e. The van der Waals surface area contributed by atoms with Crippen LogP contribution in [0.5, 0.6) is 0 Å². The molecule has 1 aliphatic rings. The quantitative estimate of drug-likeness (QED) is 0.378. The molecule has 0 radical (unpaired) electrons. The highest BCUT2D eigenvalue weighted by Gasteiger charge is 2.38. The number of rotatable bonds is 9. The molecule has 0 bridgehead atoms. The molecule has 3 amide bonds. The van der Waals surface area contributed by atoms with Crippen LogP contribution in [0.3, 0.4) is 0 Å². The molecular weight excluding hydrogens is 446 g/mol. The van der Waals surface area contributed by atoms with Gasteiger partial charge >= 0.3 is 0 Å². The molecule has 0 saturated heterocycles. The van der Waals surface area contributed by atoms with Crippen molar-refractivity contribution in [3.05, 3.63) is 46.6 Å². The van der Waals surface area contributed by atoms with E-state index in [-0.39, 0.29) is 24.1 Å². The number of hydrogen-bond acceptors (Lipinski definition) is 6. The topological polar surface area (TPSA) is 126 Å². The molecule has 0 atom stereocenters. The first-order valence-corrected chi connectivity index (χ1v) is 11.7. The van der Waals surface area contributed by atoms with Gasteiger partial charge in [-0.1, -0.05) is 42.4 Å². The van der Waals surface area contributed by atoms with E-state index in [9.17, 15) is 14.4 Å². The van der Waals surface area contributed by atoms with Gasteiger partial charge in [-0.2, -0.15) is 4.98 Å². The number of amides is 3. The minimum atomic E-state index is -0.603. The van der Waals surface area contributed by atoms with Crippen molar-refractivity contribution in [1.82, 2.24) is 26.1 Å². The van der Waals surface area contributed by atoms with Crippen LogP contribution in [0, 0.1) is 0 Å². The predicted molar refractivity (Wildman–Crippen MR) is 123 cm³/mol. The molecule has 9 nitrogen and oxygen atoms in total. The molecule has 178 valence electrons. The van der Waals surface area contributed by atoms with Crippen molar-refractivity contribution in [3.8, 4) is 0 Å². The molecule has 1 aromatic carbocycles. The number of hydrogen-bond donors (Lipinski definition) is 3. The number of nitrogens with one attached hydrogen (secondary N) is 3. The highest BCUT2D eigenvalue weighted by atomic mass is 35.5. The van der Waals surface area contributed by atoms with Crippen molar-refractivity contribution in [2.45, 2.75) is 63.8 Å². The minimum Gasteiger partial charge on any atom is -0.354 e. The van der Waals surface area contributed by atoms with Crippen molar-refractivity contribution < 1.29 is 18.9 Å². The Kier molecular flexibility index (Phi) is 8.82. The summed E-state index contributed by atoms with van der Waals surface area (Å²) in [5.74, 6) is 0.323. The zero-order valence-electron chi connectivity index (χ0n) is 18.8. The largest absolute Gasteiger partial charge is 0.354 e. The molecular formula is C23H30ClN5O4. The molecule has 0 aliphatic heterocycles. The lowest BCUT2D eigenvalue weighted by Gasteiger charge is -2.30. The standard InChI is InChI=1S/C23H30ClN5O4/c1-16(30)28-23(12-4-2-3-5-13-23)22-27-20(33-29-22)11-10-19(31)25-14-15-26-21(32)17-6-8-18(24)9-7-17/h6-9H,2-5,10-15H2,1H3,(H,25,31)(H,26,32)(H,28,30). The Balaban J connectivity index is 1.43. The second-order valence-corrected chi connectivity index (χ2v) is 8.74. The van der Waals surface area contributed by atoms with Crippen LogP contribution >= 0.6 is 11.6 Å². The van der Waals surface area contributed by atoms with Crippen molar-refractivity contribution >= 4 is 29.3 Å². The summed E-state index contributed by atoms with van der Waals surface area (Å²) in [6, 6.07) is 6.57. The van der Waals surface area contributed by atoms with Gasteiger partial charge in [0.05, 0.1) is 0 Å². The van der Waals surface area contributed by atoms with Gasteiger partial charge in [0.2, 0.25) is 17.7 Å². The van der Waals surface area contributed by atoms with Gasteiger partial charge in [0.25, 0.3) is 5.91 Å². The first-order valence-electron chi connectivity index (χ1n) is 11.3. The van der Waals surface area contributed by atoms with Gasteiger partial charge in [0.15, 0.2) is 5.82 Å². The van der Waals surface area contributed by atoms with Gasteiger partial charge < -0.3 is 20.5 Å². The summed E-state index contributed by atoms with van der Waals surface area (Å²) in [6.45, 7) is 2.10. The smallest absolute Gasteiger partial charge is 0.251 e. The summed E-state index contributed by atoms with van der Waals surface area (Å²) in [7, 11) is 0. The number of carbonyl (C=O) groups excluding carboxylic acids is 3. The summed E-state index contributed by atoms with van der Waals surface area (Å²) in [5.41, 5.74) is -0.0992. The van der Waals surface area contributed by atoms with Gasteiger partial charge in [-0.15, -0.1) is 0 Å². The molecule has 2 aromatic rings. The lowest BCUT2D eigenvalue weighted by Crippen LogP contribution is -2.45. The predicted octanol–water partition coefficient (Wildman–Crippen LogP) is 2.89. The molecule has 0 unspecified atom stereocenters. The maximum atomic E-state index is 12.1. The van der Waals surface area contributed by atoms with Crippen molar-refractivity contribution in [3.63, 3.8) is 0 Å². The number of benzene rings is 1. The number of halogens is 1. The van der Waals surface area contributed by atoms with Gasteiger partial charge in [-0.25, -0.2) is 0 Å². The second kappa shape index (κ2) is 11.8. The Hall–Kier alpha value is -2.94. The van der Waals surface area contributed by atoms with E-state index in [1.54, 1.807) is 24.3 Å². The Morgan fingerprint density at radius 2 is 1.70 bits per heavy atom. The number of aryl methyl sites for hydroxylation is 1. The fourth-order valence-electron chi connectivity index (χ4n) is 4.01. The summed E-state index contributed by atoms with van der Waals surface area (Å²) in [5, 5.41) is 13.2. The highest BCUT2D eigenvalue weighted by Crippen LogP contribution is 2.34. The van der Waals surface area contributed by atoms with E-state index < -0.39 is 5.54 Å². The summed E-state index contributed by atoms with van der Waals surface area (Å²) in [4.78, 5) is 40.5. The van der Waals surface area contributed by atoms with Crippen LogP contribution in [0.1, 0.15) is 73.9 Å². The molecule has 33 heavy (non-hydrogen) atoms. The lowest BCUT2D eigenvalue weighted by atomic mass is 9.89. The average Bonchev–Trinajstić information content (AvgIpc) is 3.15. The van der Waals surface area contributed by atoms with Crippen molar-refractivity contribution in [2.24, 2.45) is 0 Å². The molecule has 0 spiro atoms. The normalized spacial score (nSPS) is 15.3. The van der Waals surface area contributed by atoms with Crippen LogP contribution in [0.15, 0.2) is 28.8 Å². The third kappa shape index (κ3) is 7.28. The maximum absolute atomic E-state index is 12.1. The van der Waals surface area contributed by atoms with E-state index in [0.717, 1.165) is 38.5 Å². The fourth-order valence-corrected chi connectivity index (χ4v) is 4.14. The third-order valence-corrected chi connectivity index (χ3v) is 5.93. The van der Waals surface area contributed by atoms with Gasteiger partial charge in [0, 0.05) is 43.4 Å². The van der Waals surface area contributed by atoms with Crippen LogP contribution < -0.4 is 16.0 Å². The Bertz CT molecular complexity index is 952. The van der Waals surface area contributed by atoms with E-state index in [2.05, 4.69) is 26.1 Å². The van der Waals surface area contributed by atoms with Crippen LogP contribution in [0.2, 0.25) is 5.02 Å². The monoisotopic (exact) mass is 475 g/mol. The fraction of sp³-hybridized carbons (Fsp3) is 0.522. The molecule has 1 aliphatic carbocycles. The zero-order valence-corrected chi connectivity index (χ0v) is 19.5. The SMILES string of the molecule is CC(=O)NC1(c2noc(CCC(=O)NCCNC(=O)c3ccc(Cl)cc3)n2)CCCCCC1. The van der Waals surface area contributed by atoms with E-state index in [1.165, 1.54) is 6.92 Å². The number of aromatic nitrogens is 2. The molecule has 1 fully saturated rings. The zero-order chi connectivity index (χ0) is 23.7. The van der Waals surface area contributed by atoms with E-state index >= 15 is 0 Å². The van der Waals surface area contributed by atoms with Crippen LogP contribution in [0.25, 0.3) is 0 Å². The first kappa shape index (κ1) is 24.7. The van der Waals surface area contributed by atoms with Crippen LogP contribution in [0.4, 0.5) is 0 Å². The van der Waals surface area contributed by atoms with Crippen LogP contribution in [-0.2, 0) is 21.5 Å². The molecule has 3 rings (SSSR count). The summed E-state index contributed by atoms with van der Waals surface area (Å²) < 4.78 is 5.37. The van der Waals surface area contributed by atoms with E-state index in [4.69, 9.17) is 16.1 Å². The minimum absolute atomic E-state index is 0.120.